The summed E-state index contributed by atoms with van der Waals surface area (Å²) in [6.07, 6.45) is 2.10. The predicted octanol–water partition coefficient (Wildman–Crippen LogP) is 2.35. The molecule has 23 heavy (non-hydrogen) atoms. The van der Waals surface area contributed by atoms with Crippen molar-refractivity contribution in [2.45, 2.75) is 52.7 Å². The van der Waals surface area contributed by atoms with Gasteiger partial charge in [0.15, 0.2) is 0 Å². The van der Waals surface area contributed by atoms with Crippen molar-refractivity contribution < 1.29 is 9.53 Å². The van der Waals surface area contributed by atoms with Crippen LogP contribution >= 0.6 is 0 Å². The summed E-state index contributed by atoms with van der Waals surface area (Å²) < 4.78 is 5.84. The molecule has 126 valence electrons. The number of fused-ring (bicyclic) bond motifs is 1. The van der Waals surface area contributed by atoms with E-state index in [0.717, 1.165) is 25.1 Å². The van der Waals surface area contributed by atoms with Gasteiger partial charge in [-0.3, -0.25) is 9.59 Å². The summed E-state index contributed by atoms with van der Waals surface area (Å²) in [6.45, 7) is 9.65. The highest BCUT2D eigenvalue weighted by molar-refractivity contribution is 5.94. The molecule has 2 fully saturated rings. The molecule has 1 saturated heterocycles. The summed E-state index contributed by atoms with van der Waals surface area (Å²) in [6, 6.07) is 3.57. The number of hydrogen-bond donors (Lipinski definition) is 1. The summed E-state index contributed by atoms with van der Waals surface area (Å²) in [5, 5.41) is 0. The van der Waals surface area contributed by atoms with Crippen molar-refractivity contribution in [1.82, 2.24) is 9.88 Å². The van der Waals surface area contributed by atoms with Gasteiger partial charge in [0.1, 0.15) is 5.56 Å². The van der Waals surface area contributed by atoms with E-state index in [9.17, 15) is 9.59 Å². The number of carbonyl (C=O) groups excluding carboxylic acids is 1. The van der Waals surface area contributed by atoms with Gasteiger partial charge in [0.05, 0.1) is 6.10 Å². The molecule has 5 nitrogen and oxygen atoms in total. The van der Waals surface area contributed by atoms with Crippen molar-refractivity contribution in [3.05, 3.63) is 33.7 Å². The minimum Gasteiger partial charge on any atom is -0.377 e. The number of pyridine rings is 1. The maximum absolute atomic E-state index is 13.0. The molecule has 3 rings (SSSR count). The maximum atomic E-state index is 13.0. The highest BCUT2D eigenvalue weighted by atomic mass is 16.5. The van der Waals surface area contributed by atoms with Gasteiger partial charge >= 0.3 is 0 Å². The second kappa shape index (κ2) is 5.78. The van der Waals surface area contributed by atoms with E-state index in [-0.39, 0.29) is 34.6 Å². The van der Waals surface area contributed by atoms with E-state index >= 15 is 0 Å². The van der Waals surface area contributed by atoms with E-state index < -0.39 is 0 Å². The Bertz CT molecular complexity index is 664. The molecule has 2 heterocycles. The summed E-state index contributed by atoms with van der Waals surface area (Å²) in [4.78, 5) is 29.9. The molecular formula is C18H26N2O3. The number of ether oxygens (including phenoxy) is 1. The van der Waals surface area contributed by atoms with E-state index in [4.69, 9.17) is 4.74 Å². The second-order valence-electron chi connectivity index (χ2n) is 7.39. The van der Waals surface area contributed by atoms with Gasteiger partial charge < -0.3 is 14.6 Å². The van der Waals surface area contributed by atoms with Crippen molar-refractivity contribution >= 4 is 5.91 Å². The molecule has 1 amide bonds. The van der Waals surface area contributed by atoms with Crippen LogP contribution in [0.5, 0.6) is 0 Å². The Morgan fingerprint density at radius 3 is 2.83 bits per heavy atom. The van der Waals surface area contributed by atoms with Crippen LogP contribution in [0, 0.1) is 18.3 Å². The van der Waals surface area contributed by atoms with Crippen LogP contribution in [0.3, 0.4) is 0 Å². The number of aromatic amines is 1. The smallest absolute Gasteiger partial charge is 0.260 e. The first kappa shape index (κ1) is 16.2. The third-order valence-electron chi connectivity index (χ3n) is 5.39. The van der Waals surface area contributed by atoms with Crippen LogP contribution < -0.4 is 5.56 Å². The fourth-order valence-corrected chi connectivity index (χ4v) is 4.43. The molecule has 0 bridgehead atoms. The lowest BCUT2D eigenvalue weighted by molar-refractivity contribution is -0.144. The molecule has 0 aromatic carbocycles. The third-order valence-corrected chi connectivity index (χ3v) is 5.39. The Balaban J connectivity index is 1.92. The summed E-state index contributed by atoms with van der Waals surface area (Å²) in [5.41, 5.74) is 0.639. The van der Waals surface area contributed by atoms with E-state index in [1.165, 1.54) is 0 Å². The first-order valence-electron chi connectivity index (χ1n) is 8.50. The minimum absolute atomic E-state index is 0.0660. The van der Waals surface area contributed by atoms with E-state index in [1.54, 1.807) is 12.1 Å². The second-order valence-corrected chi connectivity index (χ2v) is 7.39. The van der Waals surface area contributed by atoms with E-state index in [0.29, 0.717) is 12.5 Å². The number of nitrogens with one attached hydrogen (secondary N) is 1. The Labute approximate surface area is 137 Å². The summed E-state index contributed by atoms with van der Waals surface area (Å²) >= 11 is 0. The average Bonchev–Trinajstić information content (AvgIpc) is 2.92. The van der Waals surface area contributed by atoms with Crippen molar-refractivity contribution in [2.75, 3.05) is 13.2 Å². The summed E-state index contributed by atoms with van der Waals surface area (Å²) in [5.74, 6) is 0.238. The van der Waals surface area contributed by atoms with E-state index in [2.05, 4.69) is 25.8 Å². The van der Waals surface area contributed by atoms with Crippen molar-refractivity contribution in [3.8, 4) is 0 Å². The number of aromatic nitrogens is 1. The highest BCUT2D eigenvalue weighted by Gasteiger charge is 2.62. The van der Waals surface area contributed by atoms with Gasteiger partial charge in [-0.15, -0.1) is 0 Å². The lowest BCUT2D eigenvalue weighted by Gasteiger charge is -2.58. The number of aryl methyl sites for hydroxylation is 1. The third kappa shape index (κ3) is 2.51. The van der Waals surface area contributed by atoms with Crippen LogP contribution in [-0.2, 0) is 4.74 Å². The normalized spacial score (nSPS) is 28.1. The first-order chi connectivity index (χ1) is 10.9. The number of H-pyrrole nitrogens is 1. The van der Waals surface area contributed by atoms with Crippen LogP contribution in [0.15, 0.2) is 16.9 Å². The molecule has 3 unspecified atom stereocenters. The minimum atomic E-state index is -0.299. The quantitative estimate of drug-likeness (QED) is 0.927. The van der Waals surface area contributed by atoms with Crippen LogP contribution in [0.25, 0.3) is 0 Å². The topological polar surface area (TPSA) is 62.4 Å². The van der Waals surface area contributed by atoms with Crippen molar-refractivity contribution in [1.29, 1.82) is 0 Å². The molecular weight excluding hydrogens is 292 g/mol. The molecule has 3 atom stereocenters. The zero-order chi connectivity index (χ0) is 16.8. The van der Waals surface area contributed by atoms with Crippen molar-refractivity contribution in [3.63, 3.8) is 0 Å². The number of amides is 1. The molecule has 1 N–H and O–H groups in total. The SMILES string of the molecule is CCCN(C(=O)c1ccc(C)[nH]c1=O)C1C2CCOC2C1(C)C. The lowest BCUT2D eigenvalue weighted by Crippen LogP contribution is -2.68. The largest absolute Gasteiger partial charge is 0.377 e. The molecule has 2 aliphatic rings. The summed E-state index contributed by atoms with van der Waals surface area (Å²) in [7, 11) is 0. The monoisotopic (exact) mass is 318 g/mol. The lowest BCUT2D eigenvalue weighted by atomic mass is 9.56. The fraction of sp³-hybridized carbons (Fsp3) is 0.667. The fourth-order valence-electron chi connectivity index (χ4n) is 4.43. The Morgan fingerprint density at radius 1 is 1.43 bits per heavy atom. The van der Waals surface area contributed by atoms with Gasteiger partial charge in [0.25, 0.3) is 11.5 Å². The van der Waals surface area contributed by atoms with Gasteiger partial charge in [-0.2, -0.15) is 0 Å². The zero-order valence-electron chi connectivity index (χ0n) is 14.4. The molecule has 5 heteroatoms. The van der Waals surface area contributed by atoms with Crippen molar-refractivity contribution in [2.24, 2.45) is 11.3 Å². The molecule has 1 saturated carbocycles. The van der Waals surface area contributed by atoms with Gasteiger partial charge in [-0.1, -0.05) is 20.8 Å². The molecule has 0 radical (unpaired) electrons. The molecule has 1 aliphatic heterocycles. The van der Waals surface area contributed by atoms with Crippen LogP contribution in [0.4, 0.5) is 0 Å². The Hall–Kier alpha value is -1.62. The predicted molar refractivity (Wildman–Crippen MR) is 88.5 cm³/mol. The zero-order valence-corrected chi connectivity index (χ0v) is 14.4. The van der Waals surface area contributed by atoms with Gasteiger partial charge in [-0.25, -0.2) is 0 Å². The molecule has 1 aliphatic carbocycles. The van der Waals surface area contributed by atoms with Crippen LogP contribution in [-0.4, -0.2) is 41.1 Å². The molecule has 1 aromatic rings. The van der Waals surface area contributed by atoms with E-state index in [1.807, 2.05) is 11.8 Å². The van der Waals surface area contributed by atoms with Crippen LogP contribution in [0.1, 0.15) is 49.7 Å². The molecule has 1 aromatic heterocycles. The van der Waals surface area contributed by atoms with Gasteiger partial charge in [0, 0.05) is 36.2 Å². The average molecular weight is 318 g/mol. The van der Waals surface area contributed by atoms with Gasteiger partial charge in [-0.05, 0) is 31.9 Å². The van der Waals surface area contributed by atoms with Gasteiger partial charge in [0.2, 0.25) is 0 Å². The first-order valence-corrected chi connectivity index (χ1v) is 8.50. The number of hydrogen-bond acceptors (Lipinski definition) is 3. The van der Waals surface area contributed by atoms with Crippen LogP contribution in [0.2, 0.25) is 0 Å². The number of rotatable bonds is 4. The standard InChI is InChI=1S/C18H26N2O3/c1-5-9-20(14-12-8-10-23-15(12)18(14,3)4)17(22)13-7-6-11(2)19-16(13)21/h6-7,12,14-15H,5,8-10H2,1-4H3,(H,19,21). The molecule has 0 spiro atoms. The number of carbonyl (C=O) groups is 1. The number of nitrogens with zero attached hydrogens (tertiary/aromatic N) is 1. The Kier molecular flexibility index (Phi) is 4.08. The Morgan fingerprint density at radius 2 is 2.17 bits per heavy atom. The maximum Gasteiger partial charge on any atom is 0.260 e. The highest BCUT2D eigenvalue weighted by Crippen LogP contribution is 2.54.